The predicted molar refractivity (Wildman–Crippen MR) is 75.9 cm³/mol. The van der Waals surface area contributed by atoms with Crippen LogP contribution in [0.2, 0.25) is 0 Å². The van der Waals surface area contributed by atoms with Gasteiger partial charge in [-0.05, 0) is 24.6 Å². The lowest BCUT2D eigenvalue weighted by atomic mass is 10.2. The number of nitrogens with one attached hydrogen (secondary N) is 2. The highest BCUT2D eigenvalue weighted by Crippen LogP contribution is 2.09. The van der Waals surface area contributed by atoms with Gasteiger partial charge in [-0.1, -0.05) is 24.3 Å². The molecule has 108 valence electrons. The van der Waals surface area contributed by atoms with E-state index in [4.69, 9.17) is 0 Å². The standard InChI is InChI=1S/C15H14FN3O2/c1-10-5-4-8-17-13(10)19-15(21)14(20)18-9-11-6-2-3-7-12(11)16/h2-8H,9H2,1H3,(H,18,20)(H,17,19,21). The molecule has 1 heterocycles. The van der Waals surface area contributed by atoms with Crippen molar-refractivity contribution in [3.8, 4) is 0 Å². The Hall–Kier alpha value is -2.76. The maximum atomic E-state index is 13.4. The molecule has 0 aliphatic rings. The molecule has 21 heavy (non-hydrogen) atoms. The number of anilines is 1. The maximum absolute atomic E-state index is 13.4. The molecule has 2 amide bonds. The maximum Gasteiger partial charge on any atom is 0.314 e. The molecule has 5 nitrogen and oxygen atoms in total. The zero-order valence-electron chi connectivity index (χ0n) is 11.4. The van der Waals surface area contributed by atoms with E-state index in [-0.39, 0.29) is 6.54 Å². The molecule has 0 saturated heterocycles. The zero-order valence-corrected chi connectivity index (χ0v) is 11.4. The Bertz CT molecular complexity index is 673. The van der Waals surface area contributed by atoms with E-state index in [0.717, 1.165) is 5.56 Å². The summed E-state index contributed by atoms with van der Waals surface area (Å²) in [5, 5.41) is 4.77. The summed E-state index contributed by atoms with van der Waals surface area (Å²) in [4.78, 5) is 27.3. The van der Waals surface area contributed by atoms with Gasteiger partial charge in [-0.15, -0.1) is 0 Å². The monoisotopic (exact) mass is 287 g/mol. The number of carbonyl (C=O) groups excluding carboxylic acids is 2. The van der Waals surface area contributed by atoms with Crippen LogP contribution in [-0.4, -0.2) is 16.8 Å². The second kappa shape index (κ2) is 6.60. The summed E-state index contributed by atoms with van der Waals surface area (Å²) in [5.74, 6) is -1.79. The van der Waals surface area contributed by atoms with Crippen LogP contribution < -0.4 is 10.6 Å². The fraction of sp³-hybridized carbons (Fsp3) is 0.133. The Balaban J connectivity index is 1.93. The summed E-state index contributed by atoms with van der Waals surface area (Å²) in [5.41, 5.74) is 1.06. The third-order valence-corrected chi connectivity index (χ3v) is 2.84. The summed E-state index contributed by atoms with van der Waals surface area (Å²) in [7, 11) is 0. The van der Waals surface area contributed by atoms with Crippen molar-refractivity contribution in [2.24, 2.45) is 0 Å². The van der Waals surface area contributed by atoms with Crippen LogP contribution in [0.4, 0.5) is 10.2 Å². The summed E-state index contributed by atoms with van der Waals surface area (Å²) in [6, 6.07) is 9.53. The van der Waals surface area contributed by atoms with Crippen LogP contribution in [0.5, 0.6) is 0 Å². The van der Waals surface area contributed by atoms with E-state index < -0.39 is 17.6 Å². The number of hydrogen-bond donors (Lipinski definition) is 2. The van der Waals surface area contributed by atoms with Gasteiger partial charge in [0, 0.05) is 18.3 Å². The molecule has 2 N–H and O–H groups in total. The quantitative estimate of drug-likeness (QED) is 0.845. The van der Waals surface area contributed by atoms with Crippen LogP contribution in [0.25, 0.3) is 0 Å². The second-order valence-corrected chi connectivity index (χ2v) is 4.40. The highest BCUT2D eigenvalue weighted by atomic mass is 19.1. The van der Waals surface area contributed by atoms with Gasteiger partial charge in [0.25, 0.3) is 0 Å². The zero-order chi connectivity index (χ0) is 15.2. The van der Waals surface area contributed by atoms with Crippen molar-refractivity contribution in [1.82, 2.24) is 10.3 Å². The highest BCUT2D eigenvalue weighted by Gasteiger charge is 2.15. The molecular weight excluding hydrogens is 273 g/mol. The van der Waals surface area contributed by atoms with Gasteiger partial charge in [0.1, 0.15) is 11.6 Å². The number of halogens is 1. The average Bonchev–Trinajstić information content (AvgIpc) is 2.48. The molecule has 2 rings (SSSR count). The van der Waals surface area contributed by atoms with E-state index in [2.05, 4.69) is 15.6 Å². The Labute approximate surface area is 121 Å². The third kappa shape index (κ3) is 3.85. The molecule has 0 aliphatic heterocycles. The lowest BCUT2D eigenvalue weighted by Gasteiger charge is -2.08. The van der Waals surface area contributed by atoms with Gasteiger partial charge >= 0.3 is 11.8 Å². The van der Waals surface area contributed by atoms with E-state index in [1.54, 1.807) is 31.2 Å². The van der Waals surface area contributed by atoms with Crippen LogP contribution in [0.3, 0.4) is 0 Å². The summed E-state index contributed by atoms with van der Waals surface area (Å²) >= 11 is 0. The number of carbonyl (C=O) groups is 2. The van der Waals surface area contributed by atoms with E-state index >= 15 is 0 Å². The van der Waals surface area contributed by atoms with Gasteiger partial charge < -0.3 is 10.6 Å². The van der Waals surface area contributed by atoms with Crippen molar-refractivity contribution >= 4 is 17.6 Å². The van der Waals surface area contributed by atoms with Gasteiger partial charge in [0.15, 0.2) is 0 Å². The average molecular weight is 287 g/mol. The first kappa shape index (κ1) is 14.6. The van der Waals surface area contributed by atoms with Crippen molar-refractivity contribution < 1.29 is 14.0 Å². The van der Waals surface area contributed by atoms with E-state index in [9.17, 15) is 14.0 Å². The first-order chi connectivity index (χ1) is 10.1. The Morgan fingerprint density at radius 1 is 1.14 bits per heavy atom. The fourth-order valence-electron chi connectivity index (χ4n) is 1.68. The fourth-order valence-corrected chi connectivity index (χ4v) is 1.68. The van der Waals surface area contributed by atoms with Crippen LogP contribution in [0, 0.1) is 12.7 Å². The van der Waals surface area contributed by atoms with Crippen LogP contribution in [0.15, 0.2) is 42.6 Å². The van der Waals surface area contributed by atoms with Gasteiger partial charge in [-0.2, -0.15) is 0 Å². The van der Waals surface area contributed by atoms with E-state index in [1.807, 2.05) is 0 Å². The predicted octanol–water partition coefficient (Wildman–Crippen LogP) is 1.78. The lowest BCUT2D eigenvalue weighted by molar-refractivity contribution is -0.136. The number of rotatable bonds is 3. The number of benzene rings is 1. The largest absolute Gasteiger partial charge is 0.344 e. The molecule has 2 aromatic rings. The number of aryl methyl sites for hydroxylation is 1. The number of aromatic nitrogens is 1. The SMILES string of the molecule is Cc1cccnc1NC(=O)C(=O)NCc1ccccc1F. The molecule has 0 saturated carbocycles. The van der Waals surface area contributed by atoms with Gasteiger partial charge in [-0.3, -0.25) is 9.59 Å². The molecular formula is C15H14FN3O2. The molecule has 0 fully saturated rings. The van der Waals surface area contributed by atoms with Gasteiger partial charge in [-0.25, -0.2) is 9.37 Å². The Kier molecular flexibility index (Phi) is 4.61. The second-order valence-electron chi connectivity index (χ2n) is 4.40. The van der Waals surface area contributed by atoms with Crippen molar-refractivity contribution in [3.63, 3.8) is 0 Å². The third-order valence-electron chi connectivity index (χ3n) is 2.84. The Morgan fingerprint density at radius 3 is 2.62 bits per heavy atom. The van der Waals surface area contributed by atoms with Gasteiger partial charge in [0.05, 0.1) is 0 Å². The van der Waals surface area contributed by atoms with Crippen molar-refractivity contribution in [2.75, 3.05) is 5.32 Å². The summed E-state index contributed by atoms with van der Waals surface area (Å²) < 4.78 is 13.4. The first-order valence-corrected chi connectivity index (χ1v) is 6.32. The molecule has 0 unspecified atom stereocenters. The summed E-state index contributed by atoms with van der Waals surface area (Å²) in [6.45, 7) is 1.71. The van der Waals surface area contributed by atoms with Crippen LogP contribution in [-0.2, 0) is 16.1 Å². The van der Waals surface area contributed by atoms with Crippen LogP contribution >= 0.6 is 0 Å². The smallest absolute Gasteiger partial charge is 0.314 e. The minimum Gasteiger partial charge on any atom is -0.344 e. The molecule has 1 aromatic carbocycles. The Morgan fingerprint density at radius 2 is 1.90 bits per heavy atom. The molecule has 1 aromatic heterocycles. The van der Waals surface area contributed by atoms with Crippen molar-refractivity contribution in [3.05, 3.63) is 59.5 Å². The lowest BCUT2D eigenvalue weighted by Crippen LogP contribution is -2.35. The number of pyridine rings is 1. The number of hydrogen-bond acceptors (Lipinski definition) is 3. The topological polar surface area (TPSA) is 71.1 Å². The minimum absolute atomic E-state index is 0.0554. The molecule has 0 aliphatic carbocycles. The molecule has 0 spiro atoms. The highest BCUT2D eigenvalue weighted by molar-refractivity contribution is 6.39. The molecule has 0 bridgehead atoms. The summed E-state index contributed by atoms with van der Waals surface area (Å²) in [6.07, 6.45) is 1.51. The normalized spacial score (nSPS) is 10.0. The van der Waals surface area contributed by atoms with Crippen molar-refractivity contribution in [1.29, 1.82) is 0 Å². The van der Waals surface area contributed by atoms with Gasteiger partial charge in [0.2, 0.25) is 0 Å². The van der Waals surface area contributed by atoms with E-state index in [0.29, 0.717) is 11.4 Å². The minimum atomic E-state index is -0.844. The number of amides is 2. The molecule has 0 atom stereocenters. The van der Waals surface area contributed by atoms with Crippen molar-refractivity contribution in [2.45, 2.75) is 13.5 Å². The van der Waals surface area contributed by atoms with E-state index in [1.165, 1.54) is 18.3 Å². The molecule has 0 radical (unpaired) electrons. The number of nitrogens with zero attached hydrogens (tertiary/aromatic N) is 1. The van der Waals surface area contributed by atoms with Crippen LogP contribution in [0.1, 0.15) is 11.1 Å². The molecule has 6 heteroatoms. The first-order valence-electron chi connectivity index (χ1n) is 6.32.